The Morgan fingerprint density at radius 3 is 2.39 bits per heavy atom. The maximum absolute atomic E-state index is 11.3. The molecule has 7 atom stereocenters. The zero-order valence-corrected chi connectivity index (χ0v) is 17.0. The molecule has 1 aromatic carbocycles. The van der Waals surface area contributed by atoms with Crippen molar-refractivity contribution in [1.82, 2.24) is 5.32 Å². The summed E-state index contributed by atoms with van der Waals surface area (Å²) in [6.45, 7) is 7.80. The van der Waals surface area contributed by atoms with Crippen molar-refractivity contribution in [2.75, 3.05) is 0 Å². The molecule has 28 heavy (non-hydrogen) atoms. The van der Waals surface area contributed by atoms with Crippen molar-refractivity contribution in [1.29, 1.82) is 0 Å². The van der Waals surface area contributed by atoms with Crippen LogP contribution in [-0.4, -0.2) is 68.7 Å². The van der Waals surface area contributed by atoms with Crippen molar-refractivity contribution in [3.8, 4) is 0 Å². The second-order valence-electron chi connectivity index (χ2n) is 8.03. The van der Waals surface area contributed by atoms with Crippen molar-refractivity contribution >= 4 is 17.6 Å². The standard InChI is InChI=1S/C19H28ClNO7/c1-9(21-19(2,3)4)15(10-6-5-7-11(20)8-10)27-18-14(24)12(22)13(23)16(28-18)17(25)26/h5-9,12-16,18,21-24H,1-4H3,(H,25,26)/t9-,12-,13-,14+,15-,16-,18+/m0/s1. The van der Waals surface area contributed by atoms with Crippen LogP contribution in [-0.2, 0) is 14.3 Å². The molecule has 8 nitrogen and oxygen atoms in total. The van der Waals surface area contributed by atoms with E-state index in [0.29, 0.717) is 10.6 Å². The van der Waals surface area contributed by atoms with Crippen LogP contribution in [0.3, 0.4) is 0 Å². The minimum absolute atomic E-state index is 0.259. The van der Waals surface area contributed by atoms with Gasteiger partial charge < -0.3 is 35.2 Å². The Morgan fingerprint density at radius 1 is 1.21 bits per heavy atom. The number of aliphatic hydroxyl groups excluding tert-OH is 3. The van der Waals surface area contributed by atoms with Gasteiger partial charge in [-0.3, -0.25) is 0 Å². The molecule has 0 aliphatic carbocycles. The van der Waals surface area contributed by atoms with Crippen LogP contribution < -0.4 is 5.32 Å². The van der Waals surface area contributed by atoms with E-state index >= 15 is 0 Å². The number of hydrogen-bond donors (Lipinski definition) is 5. The second kappa shape index (κ2) is 9.04. The van der Waals surface area contributed by atoms with Crippen molar-refractivity contribution in [2.24, 2.45) is 0 Å². The van der Waals surface area contributed by atoms with Gasteiger partial charge in [0.25, 0.3) is 0 Å². The lowest BCUT2D eigenvalue weighted by Gasteiger charge is -2.41. The minimum Gasteiger partial charge on any atom is -0.479 e. The zero-order valence-electron chi connectivity index (χ0n) is 16.2. The van der Waals surface area contributed by atoms with Crippen LogP contribution in [0.15, 0.2) is 24.3 Å². The molecule has 1 aromatic rings. The molecule has 1 fully saturated rings. The average Bonchev–Trinajstić information content (AvgIpc) is 2.57. The first kappa shape index (κ1) is 23.0. The summed E-state index contributed by atoms with van der Waals surface area (Å²) < 4.78 is 11.2. The van der Waals surface area contributed by atoms with Crippen molar-refractivity contribution in [3.05, 3.63) is 34.9 Å². The number of benzene rings is 1. The topological polar surface area (TPSA) is 128 Å². The third kappa shape index (κ3) is 5.64. The fraction of sp³-hybridized carbons (Fsp3) is 0.632. The largest absolute Gasteiger partial charge is 0.479 e. The maximum Gasteiger partial charge on any atom is 0.335 e. The third-order valence-electron chi connectivity index (χ3n) is 4.39. The summed E-state index contributed by atoms with van der Waals surface area (Å²) in [4.78, 5) is 11.3. The first-order valence-electron chi connectivity index (χ1n) is 9.02. The molecule has 5 N–H and O–H groups in total. The molecule has 1 aliphatic heterocycles. The van der Waals surface area contributed by atoms with Gasteiger partial charge in [-0.1, -0.05) is 23.7 Å². The number of ether oxygens (including phenoxy) is 2. The summed E-state index contributed by atoms with van der Waals surface area (Å²) in [7, 11) is 0. The first-order chi connectivity index (χ1) is 12.9. The highest BCUT2D eigenvalue weighted by Gasteiger charge is 2.48. The summed E-state index contributed by atoms with van der Waals surface area (Å²) in [6.07, 6.45) is -9.02. The fourth-order valence-electron chi connectivity index (χ4n) is 3.24. The van der Waals surface area contributed by atoms with Crippen LogP contribution in [0.2, 0.25) is 5.02 Å². The van der Waals surface area contributed by atoms with E-state index in [4.69, 9.17) is 21.1 Å². The SMILES string of the molecule is C[C@H](NC(C)(C)C)[C@H](O[C@@H]1O[C@H](C(=O)O)[C@@H](O)[C@H](O)[C@H]1O)c1cccc(Cl)c1. The summed E-state index contributed by atoms with van der Waals surface area (Å²) in [5, 5.41) is 43.2. The molecule has 0 aromatic heterocycles. The van der Waals surface area contributed by atoms with Gasteiger partial charge in [-0.15, -0.1) is 0 Å². The van der Waals surface area contributed by atoms with Crippen LogP contribution >= 0.6 is 11.6 Å². The van der Waals surface area contributed by atoms with Gasteiger partial charge in [-0.2, -0.15) is 0 Å². The first-order valence-corrected chi connectivity index (χ1v) is 9.39. The molecule has 1 aliphatic rings. The smallest absolute Gasteiger partial charge is 0.335 e. The Kier molecular flexibility index (Phi) is 7.44. The molecule has 9 heteroatoms. The zero-order chi connectivity index (χ0) is 21.2. The monoisotopic (exact) mass is 417 g/mol. The lowest BCUT2D eigenvalue weighted by atomic mass is 9.97. The minimum atomic E-state index is -1.78. The van der Waals surface area contributed by atoms with E-state index in [1.165, 1.54) is 0 Å². The van der Waals surface area contributed by atoms with Crippen LogP contribution in [0, 0.1) is 0 Å². The van der Waals surface area contributed by atoms with Gasteiger partial charge in [0, 0.05) is 16.6 Å². The Labute approximate surface area is 169 Å². The van der Waals surface area contributed by atoms with Gasteiger partial charge in [0.2, 0.25) is 0 Å². The van der Waals surface area contributed by atoms with Crippen molar-refractivity contribution in [2.45, 2.75) is 76.1 Å². The number of aliphatic carboxylic acids is 1. The highest BCUT2D eigenvalue weighted by Crippen LogP contribution is 2.31. The van der Waals surface area contributed by atoms with Crippen LogP contribution in [0.5, 0.6) is 0 Å². The van der Waals surface area contributed by atoms with E-state index in [0.717, 1.165) is 0 Å². The van der Waals surface area contributed by atoms with E-state index in [1.807, 2.05) is 27.7 Å². The van der Waals surface area contributed by atoms with E-state index in [2.05, 4.69) is 5.32 Å². The van der Waals surface area contributed by atoms with Crippen LogP contribution in [0.4, 0.5) is 0 Å². The second-order valence-corrected chi connectivity index (χ2v) is 8.47. The van der Waals surface area contributed by atoms with Gasteiger partial charge >= 0.3 is 5.97 Å². The number of carboxylic acid groups (broad SMARTS) is 1. The summed E-state index contributed by atoms with van der Waals surface area (Å²) in [6, 6.07) is 6.64. The molecule has 0 bridgehead atoms. The van der Waals surface area contributed by atoms with Crippen LogP contribution in [0.1, 0.15) is 39.4 Å². The predicted octanol–water partition coefficient (Wildman–Crippen LogP) is 1.07. The maximum atomic E-state index is 11.3. The highest BCUT2D eigenvalue weighted by molar-refractivity contribution is 6.30. The molecule has 158 valence electrons. The number of carboxylic acids is 1. The van der Waals surface area contributed by atoms with Gasteiger partial charge in [-0.05, 0) is 45.4 Å². The quantitative estimate of drug-likeness (QED) is 0.465. The van der Waals surface area contributed by atoms with Gasteiger partial charge in [0.15, 0.2) is 12.4 Å². The van der Waals surface area contributed by atoms with Crippen LogP contribution in [0.25, 0.3) is 0 Å². The fourth-order valence-corrected chi connectivity index (χ4v) is 3.44. The Bertz CT molecular complexity index is 680. The average molecular weight is 418 g/mol. The Morgan fingerprint density at radius 2 is 1.86 bits per heavy atom. The van der Waals surface area contributed by atoms with Crippen molar-refractivity contribution in [3.63, 3.8) is 0 Å². The lowest BCUT2D eigenvalue weighted by Crippen LogP contribution is -2.61. The summed E-state index contributed by atoms with van der Waals surface area (Å²) in [5.74, 6) is -1.47. The van der Waals surface area contributed by atoms with Gasteiger partial charge in [0.1, 0.15) is 24.4 Å². The molecule has 0 radical (unpaired) electrons. The molecule has 0 saturated carbocycles. The van der Waals surface area contributed by atoms with Gasteiger partial charge in [-0.25, -0.2) is 4.79 Å². The lowest BCUT2D eigenvalue weighted by molar-refractivity contribution is -0.307. The van der Waals surface area contributed by atoms with E-state index in [9.17, 15) is 25.2 Å². The summed E-state index contributed by atoms with van der Waals surface area (Å²) in [5.41, 5.74) is 0.422. The number of carbonyl (C=O) groups is 1. The molecule has 0 amide bonds. The molecule has 1 heterocycles. The number of halogens is 1. The van der Waals surface area contributed by atoms with E-state index in [-0.39, 0.29) is 11.6 Å². The Hall–Kier alpha value is -1.26. The molecule has 0 unspecified atom stereocenters. The number of hydrogen-bond acceptors (Lipinski definition) is 7. The molecule has 2 rings (SSSR count). The number of nitrogens with one attached hydrogen (secondary N) is 1. The number of aliphatic hydroxyl groups is 3. The third-order valence-corrected chi connectivity index (χ3v) is 4.62. The van der Waals surface area contributed by atoms with Gasteiger partial charge in [0.05, 0.1) is 0 Å². The normalized spacial score (nSPS) is 30.6. The Balaban J connectivity index is 2.31. The molecular weight excluding hydrogens is 390 g/mol. The van der Waals surface area contributed by atoms with E-state index in [1.54, 1.807) is 24.3 Å². The molecule has 0 spiro atoms. The number of rotatable bonds is 6. The van der Waals surface area contributed by atoms with Crippen molar-refractivity contribution < 1.29 is 34.7 Å². The van der Waals surface area contributed by atoms with E-state index < -0.39 is 42.8 Å². The molecular formula is C19H28ClNO7. The summed E-state index contributed by atoms with van der Waals surface area (Å²) >= 11 is 6.10. The predicted molar refractivity (Wildman–Crippen MR) is 102 cm³/mol. The molecule has 1 saturated heterocycles. The highest BCUT2D eigenvalue weighted by atomic mass is 35.5.